The number of rotatable bonds is 2. The molecule has 0 aliphatic carbocycles. The van der Waals surface area contributed by atoms with Gasteiger partial charge in [-0.25, -0.2) is 4.68 Å². The van der Waals surface area contributed by atoms with E-state index in [2.05, 4.69) is 10.1 Å². The van der Waals surface area contributed by atoms with Gasteiger partial charge in [-0.1, -0.05) is 17.4 Å². The van der Waals surface area contributed by atoms with Crippen molar-refractivity contribution in [3.05, 3.63) is 32.2 Å². The fourth-order valence-corrected chi connectivity index (χ4v) is 2.68. The van der Waals surface area contributed by atoms with E-state index in [9.17, 15) is 4.79 Å². The first-order valence-electron chi connectivity index (χ1n) is 4.27. The van der Waals surface area contributed by atoms with Gasteiger partial charge in [-0.05, 0) is 11.4 Å². The molecule has 0 aromatic carbocycles. The Morgan fingerprint density at radius 2 is 2.40 bits per heavy atom. The lowest BCUT2D eigenvalue weighted by Gasteiger charge is -1.89. The number of aromatic nitrogens is 2. The second kappa shape index (κ2) is 4.08. The molecule has 0 atom stereocenters. The monoisotopic (exact) mass is 239 g/mol. The van der Waals surface area contributed by atoms with Gasteiger partial charge in [-0.2, -0.15) is 5.10 Å². The molecule has 0 saturated heterocycles. The predicted octanol–water partition coefficient (Wildman–Crippen LogP) is 1.30. The van der Waals surface area contributed by atoms with E-state index in [4.69, 9.17) is 0 Å². The highest BCUT2D eigenvalue weighted by molar-refractivity contribution is 7.15. The number of hydrogen-bond acceptors (Lipinski definition) is 5. The van der Waals surface area contributed by atoms with E-state index in [1.54, 1.807) is 24.8 Å². The van der Waals surface area contributed by atoms with Crippen LogP contribution in [-0.4, -0.2) is 22.6 Å². The summed E-state index contributed by atoms with van der Waals surface area (Å²) in [4.78, 5) is 17.4. The quantitative estimate of drug-likeness (QED) is 0.742. The maximum absolute atomic E-state index is 11.9. The van der Waals surface area contributed by atoms with Crippen LogP contribution in [0.4, 0.5) is 0 Å². The third-order valence-corrected chi connectivity index (χ3v) is 3.79. The number of carbonyl (C=O) groups is 1. The lowest BCUT2D eigenvalue weighted by Crippen LogP contribution is -2.11. The fourth-order valence-electron chi connectivity index (χ4n) is 1.15. The molecule has 4 nitrogen and oxygen atoms in total. The molecule has 0 amide bonds. The van der Waals surface area contributed by atoms with Gasteiger partial charge in [0.25, 0.3) is 0 Å². The van der Waals surface area contributed by atoms with Crippen LogP contribution in [0, 0.1) is 0 Å². The predicted molar refractivity (Wildman–Crippen MR) is 60.3 cm³/mol. The Balaban J connectivity index is 2.43. The van der Waals surface area contributed by atoms with Crippen LogP contribution in [0.25, 0.3) is 0 Å². The van der Waals surface area contributed by atoms with Crippen molar-refractivity contribution in [1.82, 2.24) is 9.78 Å². The first kappa shape index (κ1) is 10.3. The molecular formula is C9H9N3OS2. The molecule has 2 aromatic heterocycles. The standard InChI is InChI=1S/C9H9N3OS2/c1-10-9-12(2)11-8(15-9)7(13)6-4-3-5-14-6/h3-5H,1-2H3. The van der Waals surface area contributed by atoms with Crippen LogP contribution in [0.1, 0.15) is 14.7 Å². The number of hydrogen-bond donors (Lipinski definition) is 0. The SMILES string of the molecule is CN=c1sc(C(=O)c2cccs2)nn1C. The molecule has 2 aromatic rings. The fraction of sp³-hybridized carbons (Fsp3) is 0.222. The number of nitrogens with zero attached hydrogens (tertiary/aromatic N) is 3. The molecule has 0 aliphatic heterocycles. The molecule has 6 heteroatoms. The second-order valence-electron chi connectivity index (χ2n) is 2.84. The Morgan fingerprint density at radius 1 is 1.60 bits per heavy atom. The minimum Gasteiger partial charge on any atom is -0.285 e. The van der Waals surface area contributed by atoms with Gasteiger partial charge in [0.1, 0.15) is 0 Å². The zero-order valence-corrected chi connectivity index (χ0v) is 9.93. The largest absolute Gasteiger partial charge is 0.285 e. The normalized spacial score (nSPS) is 12.0. The molecule has 0 saturated carbocycles. The average molecular weight is 239 g/mol. The van der Waals surface area contributed by atoms with Gasteiger partial charge >= 0.3 is 0 Å². The summed E-state index contributed by atoms with van der Waals surface area (Å²) < 4.78 is 1.62. The lowest BCUT2D eigenvalue weighted by molar-refractivity contribution is 0.104. The van der Waals surface area contributed by atoms with Crippen molar-refractivity contribution in [1.29, 1.82) is 0 Å². The number of aryl methyl sites for hydroxylation is 1. The molecule has 2 heterocycles. The minimum absolute atomic E-state index is 0.0273. The van der Waals surface area contributed by atoms with Gasteiger partial charge in [0.2, 0.25) is 10.6 Å². The van der Waals surface area contributed by atoms with Gasteiger partial charge < -0.3 is 0 Å². The molecule has 0 radical (unpaired) electrons. The van der Waals surface area contributed by atoms with E-state index in [-0.39, 0.29) is 5.78 Å². The third kappa shape index (κ3) is 1.91. The molecular weight excluding hydrogens is 230 g/mol. The smallest absolute Gasteiger partial charge is 0.233 e. The molecule has 15 heavy (non-hydrogen) atoms. The summed E-state index contributed by atoms with van der Waals surface area (Å²) in [6, 6.07) is 3.66. The number of thiophene rings is 1. The van der Waals surface area contributed by atoms with Crippen LogP contribution >= 0.6 is 22.7 Å². The van der Waals surface area contributed by atoms with E-state index >= 15 is 0 Å². The van der Waals surface area contributed by atoms with Gasteiger partial charge in [0.05, 0.1) is 4.88 Å². The summed E-state index contributed by atoms with van der Waals surface area (Å²) in [6.45, 7) is 0. The van der Waals surface area contributed by atoms with E-state index in [0.717, 1.165) is 4.80 Å². The van der Waals surface area contributed by atoms with Crippen LogP contribution in [0.5, 0.6) is 0 Å². The molecule has 78 valence electrons. The van der Waals surface area contributed by atoms with Crippen molar-refractivity contribution < 1.29 is 4.79 Å². The molecule has 2 rings (SSSR count). The summed E-state index contributed by atoms with van der Waals surface area (Å²) in [7, 11) is 3.47. The summed E-state index contributed by atoms with van der Waals surface area (Å²) in [5.41, 5.74) is 0. The van der Waals surface area contributed by atoms with Crippen molar-refractivity contribution in [3.8, 4) is 0 Å². The highest BCUT2D eigenvalue weighted by atomic mass is 32.1. The first-order valence-corrected chi connectivity index (χ1v) is 5.97. The number of carbonyl (C=O) groups excluding carboxylic acids is 1. The summed E-state index contributed by atoms with van der Waals surface area (Å²) >= 11 is 2.73. The van der Waals surface area contributed by atoms with E-state index in [1.165, 1.54) is 22.7 Å². The number of ketones is 1. The Kier molecular flexibility index (Phi) is 2.79. The highest BCUT2D eigenvalue weighted by Gasteiger charge is 2.14. The zero-order chi connectivity index (χ0) is 10.8. The van der Waals surface area contributed by atoms with Crippen LogP contribution < -0.4 is 4.80 Å². The lowest BCUT2D eigenvalue weighted by atomic mass is 10.3. The Bertz CT molecular complexity index is 536. The van der Waals surface area contributed by atoms with E-state index in [0.29, 0.717) is 9.88 Å². The van der Waals surface area contributed by atoms with Crippen molar-refractivity contribution in [2.45, 2.75) is 0 Å². The van der Waals surface area contributed by atoms with Crippen LogP contribution in [0.3, 0.4) is 0 Å². The van der Waals surface area contributed by atoms with Crippen LogP contribution in [0.15, 0.2) is 22.5 Å². The molecule has 0 aliphatic rings. The Morgan fingerprint density at radius 3 is 2.93 bits per heavy atom. The van der Waals surface area contributed by atoms with Crippen LogP contribution in [-0.2, 0) is 7.05 Å². The third-order valence-electron chi connectivity index (χ3n) is 1.84. The summed E-state index contributed by atoms with van der Waals surface area (Å²) in [5, 5.41) is 6.50. The molecule has 0 N–H and O–H groups in total. The van der Waals surface area contributed by atoms with Crippen molar-refractivity contribution in [2.24, 2.45) is 12.0 Å². The molecule has 0 fully saturated rings. The first-order chi connectivity index (χ1) is 7.22. The van der Waals surface area contributed by atoms with Gasteiger partial charge in [0, 0.05) is 14.1 Å². The maximum Gasteiger partial charge on any atom is 0.233 e. The van der Waals surface area contributed by atoms with Crippen molar-refractivity contribution in [3.63, 3.8) is 0 Å². The molecule has 0 bridgehead atoms. The topological polar surface area (TPSA) is 47.2 Å². The van der Waals surface area contributed by atoms with Crippen LogP contribution in [0.2, 0.25) is 0 Å². The Hall–Kier alpha value is -1.27. The van der Waals surface area contributed by atoms with Gasteiger partial charge in [-0.3, -0.25) is 9.79 Å². The second-order valence-corrected chi connectivity index (χ2v) is 4.75. The van der Waals surface area contributed by atoms with E-state index < -0.39 is 0 Å². The van der Waals surface area contributed by atoms with Gasteiger partial charge in [0.15, 0.2) is 5.01 Å². The maximum atomic E-state index is 11.9. The average Bonchev–Trinajstić information content (AvgIpc) is 2.85. The van der Waals surface area contributed by atoms with Crippen molar-refractivity contribution in [2.75, 3.05) is 7.05 Å². The summed E-state index contributed by atoms with van der Waals surface area (Å²) in [6.07, 6.45) is 0. The zero-order valence-electron chi connectivity index (χ0n) is 8.30. The summed E-state index contributed by atoms with van der Waals surface area (Å²) in [5.74, 6) is -0.0273. The molecule has 0 spiro atoms. The van der Waals surface area contributed by atoms with Crippen molar-refractivity contribution >= 4 is 28.5 Å². The van der Waals surface area contributed by atoms with Gasteiger partial charge in [-0.15, -0.1) is 11.3 Å². The highest BCUT2D eigenvalue weighted by Crippen LogP contribution is 2.14. The minimum atomic E-state index is -0.0273. The van der Waals surface area contributed by atoms with E-state index in [1.807, 2.05) is 11.4 Å². The molecule has 0 unspecified atom stereocenters. The Labute approximate surface area is 94.5 Å².